The maximum atomic E-state index is 12.3. The van der Waals surface area contributed by atoms with Gasteiger partial charge in [-0.1, -0.05) is 150 Å². The number of imidazole rings is 1. The molecule has 0 radical (unpaired) electrons. The molecule has 0 fully saturated rings. The Bertz CT molecular complexity index is 3210. The van der Waals surface area contributed by atoms with Crippen molar-refractivity contribution in [2.75, 3.05) is 0 Å². The molecule has 0 atom stereocenters. The average molecular weight is 786 g/mol. The number of benzene rings is 7. The molecule has 0 saturated heterocycles. The first kappa shape index (κ1) is 31.9. The summed E-state index contributed by atoms with van der Waals surface area (Å²) in [7, 11) is 0. The van der Waals surface area contributed by atoms with Crippen molar-refractivity contribution >= 4 is 11.0 Å². The Morgan fingerprint density at radius 2 is 1.22 bits per heavy atom. The minimum absolute atomic E-state index is 0.103. The van der Waals surface area contributed by atoms with E-state index in [0.29, 0.717) is 28.2 Å². The van der Waals surface area contributed by atoms with Gasteiger partial charge in [0.1, 0.15) is 11.6 Å². The Morgan fingerprint density at radius 3 is 1.90 bits per heavy atom. The van der Waals surface area contributed by atoms with Crippen LogP contribution in [0.15, 0.2) is 176 Å². The highest BCUT2D eigenvalue weighted by atomic mass is 16.3. The zero-order valence-electron chi connectivity index (χ0n) is 40.1. The number of hydrogen-bond acceptors (Lipinski definition) is 3. The van der Waals surface area contributed by atoms with Gasteiger partial charge in [0.15, 0.2) is 0 Å². The van der Waals surface area contributed by atoms with Crippen molar-refractivity contribution in [3.05, 3.63) is 193 Å². The third-order valence-corrected chi connectivity index (χ3v) is 11.2. The maximum absolute atomic E-state index is 12.3. The lowest BCUT2D eigenvalue weighted by Crippen LogP contribution is -2.12. The minimum atomic E-state index is -2.80. The molecule has 7 aromatic carbocycles. The van der Waals surface area contributed by atoms with E-state index in [2.05, 4.69) is 75.4 Å². The molecule has 0 amide bonds. The van der Waals surface area contributed by atoms with Gasteiger partial charge in [-0.25, -0.2) is 4.98 Å². The number of aryl methyl sites for hydroxylation is 1. The monoisotopic (exact) mass is 785 g/mol. The summed E-state index contributed by atoms with van der Waals surface area (Å²) >= 11 is 0. The van der Waals surface area contributed by atoms with Crippen molar-refractivity contribution < 1.29 is 13.3 Å². The molecular formula is C56H49N3O. The van der Waals surface area contributed by atoms with Gasteiger partial charge in [-0.2, -0.15) is 0 Å². The molecule has 4 heteroatoms. The molecule has 2 aromatic heterocycles. The SMILES string of the molecule is [2H]C([2H])([2H])C(c1ccc(-n2c(-c3cc(C)cc(C(C)(C)C)c3O)nc3c(-c4cc(-c5ccccc5)cc(-c5cc(-c6ccccc6)ccn5)c4)cccc32)c(-c2ccccc2)c1)C([2H])([2H])[2H]. The lowest BCUT2D eigenvalue weighted by molar-refractivity contribution is 0.448. The largest absolute Gasteiger partial charge is 0.507 e. The van der Waals surface area contributed by atoms with Crippen molar-refractivity contribution in [1.29, 1.82) is 0 Å². The molecule has 0 aliphatic rings. The third kappa shape index (κ3) is 7.30. The van der Waals surface area contributed by atoms with E-state index in [1.54, 1.807) is 18.2 Å². The fourth-order valence-corrected chi connectivity index (χ4v) is 8.18. The number of fused-ring (bicyclic) bond motifs is 1. The first-order valence-corrected chi connectivity index (χ1v) is 20.2. The molecule has 0 aliphatic carbocycles. The highest BCUT2D eigenvalue weighted by Gasteiger charge is 2.27. The van der Waals surface area contributed by atoms with Crippen molar-refractivity contribution in [2.24, 2.45) is 0 Å². The van der Waals surface area contributed by atoms with E-state index in [9.17, 15) is 5.11 Å². The number of rotatable bonds is 8. The number of hydrogen-bond donors (Lipinski definition) is 1. The van der Waals surface area contributed by atoms with Gasteiger partial charge < -0.3 is 5.11 Å². The summed E-state index contributed by atoms with van der Waals surface area (Å²) < 4.78 is 52.1. The number of nitrogens with zero attached hydrogens (tertiary/aromatic N) is 3. The summed E-state index contributed by atoms with van der Waals surface area (Å²) in [6.45, 7) is 2.59. The van der Waals surface area contributed by atoms with E-state index in [1.165, 1.54) is 0 Å². The van der Waals surface area contributed by atoms with E-state index in [4.69, 9.17) is 18.2 Å². The molecular weight excluding hydrogens is 731 g/mol. The van der Waals surface area contributed by atoms with Crippen molar-refractivity contribution in [1.82, 2.24) is 14.5 Å². The molecule has 294 valence electrons. The van der Waals surface area contributed by atoms with Gasteiger partial charge in [0, 0.05) is 36.7 Å². The molecule has 0 saturated carbocycles. The van der Waals surface area contributed by atoms with Crippen LogP contribution < -0.4 is 0 Å². The molecule has 2 heterocycles. The Hall–Kier alpha value is -7.04. The molecule has 9 aromatic rings. The second-order valence-electron chi connectivity index (χ2n) is 16.4. The van der Waals surface area contributed by atoms with Crippen molar-refractivity contribution in [3.63, 3.8) is 0 Å². The van der Waals surface area contributed by atoms with Crippen LogP contribution in [0.1, 0.15) is 65.3 Å². The molecule has 0 aliphatic heterocycles. The minimum Gasteiger partial charge on any atom is -0.507 e. The quantitative estimate of drug-likeness (QED) is 0.167. The van der Waals surface area contributed by atoms with Crippen molar-refractivity contribution in [2.45, 2.75) is 52.7 Å². The smallest absolute Gasteiger partial charge is 0.149 e. The van der Waals surface area contributed by atoms with Crippen LogP contribution in [0.5, 0.6) is 5.75 Å². The van der Waals surface area contributed by atoms with Gasteiger partial charge in [-0.15, -0.1) is 0 Å². The van der Waals surface area contributed by atoms with E-state index in [0.717, 1.165) is 66.8 Å². The average Bonchev–Trinajstić information content (AvgIpc) is 3.68. The van der Waals surface area contributed by atoms with E-state index >= 15 is 0 Å². The molecule has 9 rings (SSSR count). The van der Waals surface area contributed by atoms with Gasteiger partial charge >= 0.3 is 0 Å². The zero-order chi connectivity index (χ0) is 46.5. The molecule has 0 unspecified atom stereocenters. The van der Waals surface area contributed by atoms with Gasteiger partial charge in [0.05, 0.1) is 28.0 Å². The number of phenols is 1. The topological polar surface area (TPSA) is 50.9 Å². The summed E-state index contributed by atoms with van der Waals surface area (Å²) in [5, 5.41) is 12.3. The predicted molar refractivity (Wildman–Crippen MR) is 251 cm³/mol. The van der Waals surface area contributed by atoms with Crippen LogP contribution in [0.4, 0.5) is 0 Å². The fraction of sp³-hybridized carbons (Fsp3) is 0.143. The molecule has 0 bridgehead atoms. The number of para-hydroxylation sites is 1. The van der Waals surface area contributed by atoms with Crippen molar-refractivity contribution in [3.8, 4) is 78.6 Å². The molecule has 1 N–H and O–H groups in total. The van der Waals surface area contributed by atoms with E-state index < -0.39 is 25.0 Å². The summed E-state index contributed by atoms with van der Waals surface area (Å²) in [6.07, 6.45) is 1.84. The summed E-state index contributed by atoms with van der Waals surface area (Å²) in [5.74, 6) is -1.16. The van der Waals surface area contributed by atoms with Crippen LogP contribution in [-0.4, -0.2) is 19.6 Å². The fourth-order valence-electron chi connectivity index (χ4n) is 8.18. The second-order valence-corrected chi connectivity index (χ2v) is 16.4. The summed E-state index contributed by atoms with van der Waals surface area (Å²) in [6, 6.07) is 55.7. The molecule has 0 spiro atoms. The highest BCUT2D eigenvalue weighted by Crippen LogP contribution is 2.45. The molecule has 4 nitrogen and oxygen atoms in total. The first-order valence-electron chi connectivity index (χ1n) is 23.2. The maximum Gasteiger partial charge on any atom is 0.149 e. The normalized spacial score (nSPS) is 13.6. The van der Waals surface area contributed by atoms with Gasteiger partial charge in [0.25, 0.3) is 0 Å². The second kappa shape index (κ2) is 15.6. The van der Waals surface area contributed by atoms with Crippen LogP contribution in [-0.2, 0) is 5.41 Å². The summed E-state index contributed by atoms with van der Waals surface area (Å²) in [5.41, 5.74) is 13.0. The lowest BCUT2D eigenvalue weighted by atomic mass is 9.84. The van der Waals surface area contributed by atoms with Crippen LogP contribution in [0.3, 0.4) is 0 Å². The van der Waals surface area contributed by atoms with E-state index in [1.807, 2.05) is 115 Å². The van der Waals surface area contributed by atoms with Crippen LogP contribution in [0, 0.1) is 6.92 Å². The number of aromatic hydroxyl groups is 1. The standard InChI is InChI=1S/C56H49N3O/c1-36(2)41-25-26-51(47(34-41)40-21-14-9-15-22-40)59-52-24-16-23-46(53(52)58-55(59)48-29-37(3)30-49(54(48)60)56(4,5)6)44-31-43(39-19-12-8-13-20-39)32-45(33-44)50-35-42(27-28-57-50)38-17-10-7-11-18-38/h7-36,60H,1-6H3/i1D3,2D3. The predicted octanol–water partition coefficient (Wildman–Crippen LogP) is 14.9. The van der Waals surface area contributed by atoms with Gasteiger partial charge in [0.2, 0.25) is 0 Å². The number of pyridine rings is 1. The third-order valence-electron chi connectivity index (χ3n) is 11.2. The Labute approximate surface area is 362 Å². The highest BCUT2D eigenvalue weighted by molar-refractivity contribution is 5.98. The zero-order valence-corrected chi connectivity index (χ0v) is 34.1. The van der Waals surface area contributed by atoms with Crippen LogP contribution >= 0.6 is 0 Å². The number of aromatic nitrogens is 3. The lowest BCUT2D eigenvalue weighted by Gasteiger charge is -2.23. The Morgan fingerprint density at radius 1 is 0.567 bits per heavy atom. The van der Waals surface area contributed by atoms with Gasteiger partial charge in [-0.3, -0.25) is 9.55 Å². The van der Waals surface area contributed by atoms with Crippen LogP contribution in [0.2, 0.25) is 0 Å². The molecule has 60 heavy (non-hydrogen) atoms. The Kier molecular flexibility index (Phi) is 8.30. The summed E-state index contributed by atoms with van der Waals surface area (Å²) in [4.78, 5) is 10.4. The first-order chi connectivity index (χ1) is 31.5. The van der Waals surface area contributed by atoms with Crippen LogP contribution in [0.25, 0.3) is 83.9 Å². The number of phenolic OH excluding ortho intramolecular Hbond substituents is 1. The Balaban J connectivity index is 1.35. The van der Waals surface area contributed by atoms with E-state index in [-0.39, 0.29) is 11.3 Å². The van der Waals surface area contributed by atoms with Gasteiger partial charge in [-0.05, 0) is 117 Å².